The lowest BCUT2D eigenvalue weighted by atomic mass is 10.1. The van der Waals surface area contributed by atoms with Crippen molar-refractivity contribution in [3.8, 4) is 5.75 Å². The zero-order valence-electron chi connectivity index (χ0n) is 9.05. The van der Waals surface area contributed by atoms with Crippen molar-refractivity contribution in [2.45, 2.75) is 13.3 Å². The highest BCUT2D eigenvalue weighted by Gasteiger charge is 2.14. The maximum absolute atomic E-state index is 11.4. The Hall–Kier alpha value is -0.550. The number of rotatable bonds is 4. The normalized spacial score (nSPS) is 10.0. The molecule has 0 saturated heterocycles. The molecule has 0 atom stereocenters. The standard InChI is InChI=1S/C11H12Br2O3/c1-3-16-10(14)6-7-8(12)4-5-9(15-2)11(7)13/h4-5H,3,6H2,1-2H3. The smallest absolute Gasteiger partial charge is 0.310 e. The first-order valence-corrected chi connectivity index (χ1v) is 6.35. The van der Waals surface area contributed by atoms with Crippen LogP contribution in [0, 0.1) is 0 Å². The summed E-state index contributed by atoms with van der Waals surface area (Å²) in [6.07, 6.45) is 0.214. The number of benzene rings is 1. The van der Waals surface area contributed by atoms with Crippen LogP contribution in [0.25, 0.3) is 0 Å². The van der Waals surface area contributed by atoms with Crippen molar-refractivity contribution in [2.24, 2.45) is 0 Å². The first-order chi connectivity index (χ1) is 7.60. The molecule has 0 N–H and O–H groups in total. The van der Waals surface area contributed by atoms with Gasteiger partial charge in [-0.15, -0.1) is 0 Å². The summed E-state index contributed by atoms with van der Waals surface area (Å²) in [5.41, 5.74) is 0.831. The molecule has 0 fully saturated rings. The third-order valence-corrected chi connectivity index (χ3v) is 3.61. The molecule has 0 spiro atoms. The lowest BCUT2D eigenvalue weighted by Gasteiger charge is -2.10. The lowest BCUT2D eigenvalue weighted by molar-refractivity contribution is -0.142. The molecule has 0 amide bonds. The van der Waals surface area contributed by atoms with E-state index in [1.54, 1.807) is 14.0 Å². The van der Waals surface area contributed by atoms with Crippen LogP contribution in [0.2, 0.25) is 0 Å². The van der Waals surface area contributed by atoms with Gasteiger partial charge in [0.05, 0.1) is 24.6 Å². The monoisotopic (exact) mass is 350 g/mol. The Morgan fingerprint density at radius 2 is 2.06 bits per heavy atom. The van der Waals surface area contributed by atoms with Crippen LogP contribution >= 0.6 is 31.9 Å². The summed E-state index contributed by atoms with van der Waals surface area (Å²) >= 11 is 6.81. The van der Waals surface area contributed by atoms with Crippen molar-refractivity contribution in [2.75, 3.05) is 13.7 Å². The third-order valence-electron chi connectivity index (χ3n) is 2.00. The average Bonchev–Trinajstić information content (AvgIpc) is 2.25. The minimum absolute atomic E-state index is 0.214. The quantitative estimate of drug-likeness (QED) is 0.780. The molecule has 0 aliphatic carbocycles. The molecule has 0 aliphatic rings. The Kier molecular flexibility index (Phi) is 5.28. The molecule has 0 unspecified atom stereocenters. The van der Waals surface area contributed by atoms with Crippen LogP contribution in [0.15, 0.2) is 21.1 Å². The number of esters is 1. The van der Waals surface area contributed by atoms with Gasteiger partial charge < -0.3 is 9.47 Å². The molecule has 3 nitrogen and oxygen atoms in total. The van der Waals surface area contributed by atoms with Gasteiger partial charge >= 0.3 is 5.97 Å². The number of ether oxygens (including phenoxy) is 2. The van der Waals surface area contributed by atoms with Crippen LogP contribution in [0.4, 0.5) is 0 Å². The van der Waals surface area contributed by atoms with E-state index in [9.17, 15) is 4.79 Å². The highest BCUT2D eigenvalue weighted by molar-refractivity contribution is 9.11. The molecule has 0 saturated carbocycles. The van der Waals surface area contributed by atoms with E-state index in [0.29, 0.717) is 12.4 Å². The van der Waals surface area contributed by atoms with Crippen molar-refractivity contribution in [1.82, 2.24) is 0 Å². The van der Waals surface area contributed by atoms with Crippen LogP contribution in [-0.4, -0.2) is 19.7 Å². The average molecular weight is 352 g/mol. The van der Waals surface area contributed by atoms with Crippen molar-refractivity contribution in [1.29, 1.82) is 0 Å². The molecule has 0 aliphatic heterocycles. The number of carbonyl (C=O) groups excluding carboxylic acids is 1. The van der Waals surface area contributed by atoms with Gasteiger partial charge in [-0.3, -0.25) is 4.79 Å². The first-order valence-electron chi connectivity index (χ1n) is 4.76. The number of hydrogen-bond acceptors (Lipinski definition) is 3. The van der Waals surface area contributed by atoms with Crippen LogP contribution in [0.1, 0.15) is 12.5 Å². The molecule has 1 aromatic carbocycles. The Morgan fingerprint density at radius 1 is 1.38 bits per heavy atom. The van der Waals surface area contributed by atoms with Gasteiger partial charge in [0.2, 0.25) is 0 Å². The van der Waals surface area contributed by atoms with Crippen molar-refractivity contribution in [3.63, 3.8) is 0 Å². The van der Waals surface area contributed by atoms with Crippen LogP contribution in [-0.2, 0) is 16.0 Å². The van der Waals surface area contributed by atoms with Crippen molar-refractivity contribution in [3.05, 3.63) is 26.6 Å². The summed E-state index contributed by atoms with van der Waals surface area (Å²) in [4.78, 5) is 11.4. The number of methoxy groups -OCH3 is 1. The predicted octanol–water partition coefficient (Wildman–Crippen LogP) is 3.33. The fourth-order valence-electron chi connectivity index (χ4n) is 1.25. The first kappa shape index (κ1) is 13.5. The van der Waals surface area contributed by atoms with Crippen molar-refractivity contribution < 1.29 is 14.3 Å². The SMILES string of the molecule is CCOC(=O)Cc1c(Br)ccc(OC)c1Br. The van der Waals surface area contributed by atoms with Crippen LogP contribution in [0.5, 0.6) is 5.75 Å². The van der Waals surface area contributed by atoms with E-state index < -0.39 is 0 Å². The van der Waals surface area contributed by atoms with E-state index in [1.807, 2.05) is 12.1 Å². The minimum Gasteiger partial charge on any atom is -0.496 e. The van der Waals surface area contributed by atoms with Crippen LogP contribution < -0.4 is 4.74 Å². The zero-order chi connectivity index (χ0) is 12.1. The topological polar surface area (TPSA) is 35.5 Å². The Bertz CT molecular complexity index is 391. The summed E-state index contributed by atoms with van der Waals surface area (Å²) < 4.78 is 11.7. The molecule has 5 heteroatoms. The highest BCUT2D eigenvalue weighted by Crippen LogP contribution is 2.34. The molecule has 88 valence electrons. The molecule has 16 heavy (non-hydrogen) atoms. The van der Waals surface area contributed by atoms with E-state index in [0.717, 1.165) is 14.5 Å². The lowest BCUT2D eigenvalue weighted by Crippen LogP contribution is -2.08. The van der Waals surface area contributed by atoms with Gasteiger partial charge in [0.1, 0.15) is 5.75 Å². The molecule has 0 heterocycles. The Balaban J connectivity index is 2.98. The highest BCUT2D eigenvalue weighted by atomic mass is 79.9. The number of halogens is 2. The minimum atomic E-state index is -0.253. The second kappa shape index (κ2) is 6.25. The molecule has 0 bridgehead atoms. The summed E-state index contributed by atoms with van der Waals surface area (Å²) in [7, 11) is 1.59. The van der Waals surface area contributed by atoms with E-state index in [2.05, 4.69) is 31.9 Å². The fraction of sp³-hybridized carbons (Fsp3) is 0.364. The Labute approximate surface area is 111 Å². The van der Waals surface area contributed by atoms with Gasteiger partial charge in [-0.1, -0.05) is 15.9 Å². The van der Waals surface area contributed by atoms with Gasteiger partial charge in [0.15, 0.2) is 0 Å². The molecule has 0 radical (unpaired) electrons. The molecule has 0 aromatic heterocycles. The largest absolute Gasteiger partial charge is 0.496 e. The van der Waals surface area contributed by atoms with Crippen LogP contribution in [0.3, 0.4) is 0 Å². The maximum atomic E-state index is 11.4. The van der Waals surface area contributed by atoms with Gasteiger partial charge in [-0.25, -0.2) is 0 Å². The van der Waals surface area contributed by atoms with Crippen molar-refractivity contribution >= 4 is 37.8 Å². The van der Waals surface area contributed by atoms with Gasteiger partial charge in [0, 0.05) is 4.47 Å². The predicted molar refractivity (Wildman–Crippen MR) is 68.7 cm³/mol. The summed E-state index contributed by atoms with van der Waals surface area (Å²) in [5, 5.41) is 0. The summed E-state index contributed by atoms with van der Waals surface area (Å²) in [6.45, 7) is 2.17. The van der Waals surface area contributed by atoms with Gasteiger partial charge in [-0.2, -0.15) is 0 Å². The fourth-order valence-corrected chi connectivity index (χ4v) is 2.64. The zero-order valence-corrected chi connectivity index (χ0v) is 12.2. The Morgan fingerprint density at radius 3 is 2.62 bits per heavy atom. The van der Waals surface area contributed by atoms with Gasteiger partial charge in [-0.05, 0) is 40.5 Å². The number of hydrogen-bond donors (Lipinski definition) is 0. The molecule has 1 rings (SSSR count). The second-order valence-electron chi connectivity index (χ2n) is 3.02. The van der Waals surface area contributed by atoms with Gasteiger partial charge in [0.25, 0.3) is 0 Å². The molecular weight excluding hydrogens is 340 g/mol. The summed E-state index contributed by atoms with van der Waals surface area (Å²) in [6, 6.07) is 3.67. The second-order valence-corrected chi connectivity index (χ2v) is 4.67. The number of carbonyl (C=O) groups is 1. The third kappa shape index (κ3) is 3.22. The summed E-state index contributed by atoms with van der Waals surface area (Å²) in [5.74, 6) is 0.444. The van der Waals surface area contributed by atoms with E-state index >= 15 is 0 Å². The van der Waals surface area contributed by atoms with E-state index in [1.165, 1.54) is 0 Å². The van der Waals surface area contributed by atoms with E-state index in [-0.39, 0.29) is 12.4 Å². The molecular formula is C11H12Br2O3. The molecule has 1 aromatic rings. The maximum Gasteiger partial charge on any atom is 0.310 e. The van der Waals surface area contributed by atoms with E-state index in [4.69, 9.17) is 9.47 Å².